The van der Waals surface area contributed by atoms with Gasteiger partial charge < -0.3 is 4.90 Å². The van der Waals surface area contributed by atoms with E-state index in [1.807, 2.05) is 0 Å². The van der Waals surface area contributed by atoms with E-state index in [-0.39, 0.29) is 17.9 Å². The number of amides is 1. The third kappa shape index (κ3) is 4.53. The zero-order valence-corrected chi connectivity index (χ0v) is 15.0. The van der Waals surface area contributed by atoms with Crippen LogP contribution in [0.5, 0.6) is 0 Å². The van der Waals surface area contributed by atoms with Crippen LogP contribution in [0, 0.1) is 0 Å². The van der Waals surface area contributed by atoms with Gasteiger partial charge in [0, 0.05) is 20.1 Å². The molecule has 0 atom stereocenters. The van der Waals surface area contributed by atoms with Crippen molar-refractivity contribution in [3.63, 3.8) is 0 Å². The highest BCUT2D eigenvalue weighted by Gasteiger charge is 2.23. The molecule has 0 spiro atoms. The predicted molar refractivity (Wildman–Crippen MR) is 90.2 cm³/mol. The smallest absolute Gasteiger partial charge is 0.277 e. The molecule has 0 bridgehead atoms. The van der Waals surface area contributed by atoms with E-state index in [1.54, 1.807) is 4.90 Å². The van der Waals surface area contributed by atoms with Gasteiger partial charge in [-0.1, -0.05) is 39.0 Å². The van der Waals surface area contributed by atoms with Crippen LogP contribution in [0.3, 0.4) is 0 Å². The first kappa shape index (κ1) is 17.9. The summed E-state index contributed by atoms with van der Waals surface area (Å²) in [6.07, 6.45) is 0.796. The lowest BCUT2D eigenvalue weighted by atomic mass is 9.84. The number of fused-ring (bicyclic) bond motifs is 1. The molecular weight excluding hydrogens is 314 g/mol. The van der Waals surface area contributed by atoms with Crippen molar-refractivity contribution in [2.45, 2.75) is 39.2 Å². The number of benzene rings is 1. The second-order valence-electron chi connectivity index (χ2n) is 6.83. The molecule has 0 radical (unpaired) electrons. The van der Waals surface area contributed by atoms with Crippen molar-refractivity contribution >= 4 is 16.1 Å². The Labute approximate surface area is 138 Å². The number of carbonyl (C=O) groups excluding carboxylic acids is 1. The van der Waals surface area contributed by atoms with Crippen LogP contribution in [-0.4, -0.2) is 39.4 Å². The zero-order valence-electron chi connectivity index (χ0n) is 14.1. The van der Waals surface area contributed by atoms with Crippen molar-refractivity contribution in [1.82, 2.24) is 14.3 Å². The van der Waals surface area contributed by atoms with Crippen molar-refractivity contribution in [1.29, 1.82) is 0 Å². The summed E-state index contributed by atoms with van der Waals surface area (Å²) in [4.78, 5) is 13.9. The average molecular weight is 339 g/mol. The van der Waals surface area contributed by atoms with Gasteiger partial charge in [-0.15, -0.1) is 0 Å². The van der Waals surface area contributed by atoms with Crippen molar-refractivity contribution in [2.24, 2.45) is 0 Å². The zero-order chi connectivity index (χ0) is 17.3. The van der Waals surface area contributed by atoms with E-state index in [4.69, 9.17) is 0 Å². The molecule has 0 aromatic heterocycles. The Morgan fingerprint density at radius 1 is 1.26 bits per heavy atom. The molecule has 0 fully saturated rings. The first-order valence-corrected chi connectivity index (χ1v) is 9.19. The molecule has 0 saturated heterocycles. The number of nitrogens with zero attached hydrogens (tertiary/aromatic N) is 1. The van der Waals surface area contributed by atoms with Crippen LogP contribution < -0.4 is 9.44 Å². The normalized spacial score (nSPS) is 15.4. The minimum absolute atomic E-state index is 0.0593. The first-order valence-electron chi connectivity index (χ1n) is 7.70. The summed E-state index contributed by atoms with van der Waals surface area (Å²) >= 11 is 0. The molecule has 0 saturated carbocycles. The molecule has 128 valence electrons. The van der Waals surface area contributed by atoms with E-state index < -0.39 is 10.2 Å². The van der Waals surface area contributed by atoms with E-state index in [9.17, 15) is 13.2 Å². The second kappa shape index (κ2) is 6.59. The number of rotatable bonds is 4. The lowest BCUT2D eigenvalue weighted by molar-refractivity contribution is -0.130. The molecule has 1 aliphatic rings. The maximum absolute atomic E-state index is 12.2. The van der Waals surface area contributed by atoms with Gasteiger partial charge in [-0.05, 0) is 28.5 Å². The van der Waals surface area contributed by atoms with E-state index >= 15 is 0 Å². The average Bonchev–Trinajstić information content (AvgIpc) is 2.50. The van der Waals surface area contributed by atoms with E-state index in [0.29, 0.717) is 13.1 Å². The van der Waals surface area contributed by atoms with Crippen molar-refractivity contribution < 1.29 is 13.2 Å². The molecule has 1 heterocycles. The van der Waals surface area contributed by atoms with Gasteiger partial charge in [-0.25, -0.2) is 4.72 Å². The monoisotopic (exact) mass is 339 g/mol. The fourth-order valence-corrected chi connectivity index (χ4v) is 3.04. The Morgan fingerprint density at radius 2 is 1.96 bits per heavy atom. The lowest BCUT2D eigenvalue weighted by Gasteiger charge is -2.30. The fraction of sp³-hybridized carbons (Fsp3) is 0.562. The summed E-state index contributed by atoms with van der Waals surface area (Å²) in [5, 5.41) is 0. The van der Waals surface area contributed by atoms with Crippen LogP contribution in [0.4, 0.5) is 0 Å². The molecule has 2 N–H and O–H groups in total. The van der Waals surface area contributed by atoms with Crippen LogP contribution >= 0.6 is 0 Å². The summed E-state index contributed by atoms with van der Waals surface area (Å²) in [7, 11) is -2.28. The highest BCUT2D eigenvalue weighted by Crippen LogP contribution is 2.27. The third-order valence-electron chi connectivity index (χ3n) is 4.12. The molecule has 6 nitrogen and oxygen atoms in total. The summed E-state index contributed by atoms with van der Waals surface area (Å²) < 4.78 is 27.1. The van der Waals surface area contributed by atoms with Crippen LogP contribution in [0.1, 0.15) is 37.5 Å². The van der Waals surface area contributed by atoms with Crippen molar-refractivity contribution in [3.8, 4) is 0 Å². The Morgan fingerprint density at radius 3 is 2.57 bits per heavy atom. The lowest BCUT2D eigenvalue weighted by Crippen LogP contribution is -2.44. The van der Waals surface area contributed by atoms with Crippen molar-refractivity contribution in [3.05, 3.63) is 34.9 Å². The van der Waals surface area contributed by atoms with Crippen LogP contribution in [0.2, 0.25) is 0 Å². The van der Waals surface area contributed by atoms with Gasteiger partial charge in [0.05, 0.1) is 6.54 Å². The summed E-state index contributed by atoms with van der Waals surface area (Å²) in [6, 6.07) is 6.45. The van der Waals surface area contributed by atoms with Gasteiger partial charge in [0.1, 0.15) is 0 Å². The molecule has 1 aliphatic heterocycles. The summed E-state index contributed by atoms with van der Waals surface area (Å²) in [6.45, 7) is 7.39. The van der Waals surface area contributed by atoms with Crippen LogP contribution in [0.15, 0.2) is 18.2 Å². The fourth-order valence-electron chi connectivity index (χ4n) is 2.58. The van der Waals surface area contributed by atoms with Gasteiger partial charge in [-0.2, -0.15) is 13.1 Å². The molecule has 1 aromatic carbocycles. The van der Waals surface area contributed by atoms with Gasteiger partial charge in [0.15, 0.2) is 0 Å². The molecule has 0 aliphatic carbocycles. The number of carbonyl (C=O) groups is 1. The molecule has 0 unspecified atom stereocenters. The Balaban J connectivity index is 2.08. The topological polar surface area (TPSA) is 78.5 Å². The second-order valence-corrected chi connectivity index (χ2v) is 8.53. The SMILES string of the molecule is CNS(=O)(=O)NCC(=O)N1CCc2ccc(C(C)(C)C)cc2C1. The molecule has 1 amide bonds. The summed E-state index contributed by atoms with van der Waals surface area (Å²) in [5.74, 6) is -0.212. The quantitative estimate of drug-likeness (QED) is 0.856. The minimum Gasteiger partial charge on any atom is -0.337 e. The predicted octanol–water partition coefficient (Wildman–Crippen LogP) is 0.923. The van der Waals surface area contributed by atoms with E-state index in [2.05, 4.69) is 48.4 Å². The van der Waals surface area contributed by atoms with Gasteiger partial charge in [0.2, 0.25) is 5.91 Å². The Hall–Kier alpha value is -1.44. The first-order chi connectivity index (χ1) is 10.6. The Kier molecular flexibility index (Phi) is 5.13. The number of hydrogen-bond acceptors (Lipinski definition) is 3. The molecule has 2 rings (SSSR count). The van der Waals surface area contributed by atoms with Gasteiger partial charge in [0.25, 0.3) is 10.2 Å². The number of nitrogens with one attached hydrogen (secondary N) is 2. The molecule has 7 heteroatoms. The van der Waals surface area contributed by atoms with Crippen LogP contribution in [0.25, 0.3) is 0 Å². The molecular formula is C16H25N3O3S. The minimum atomic E-state index is -3.59. The van der Waals surface area contributed by atoms with E-state index in [1.165, 1.54) is 18.2 Å². The highest BCUT2D eigenvalue weighted by molar-refractivity contribution is 7.87. The highest BCUT2D eigenvalue weighted by atomic mass is 32.2. The standard InChI is InChI=1S/C16H25N3O3S/c1-16(2,3)14-6-5-12-7-8-19(11-13(12)9-14)15(20)10-18-23(21,22)17-4/h5-6,9,17-18H,7-8,10-11H2,1-4H3. The third-order valence-corrected chi connectivity index (χ3v) is 5.18. The Bertz CT molecular complexity index is 693. The van der Waals surface area contributed by atoms with E-state index in [0.717, 1.165) is 12.0 Å². The molecule has 1 aromatic rings. The molecule has 23 heavy (non-hydrogen) atoms. The van der Waals surface area contributed by atoms with Crippen LogP contribution in [-0.2, 0) is 33.4 Å². The van der Waals surface area contributed by atoms with Gasteiger partial charge in [-0.3, -0.25) is 4.79 Å². The summed E-state index contributed by atoms with van der Waals surface area (Å²) in [5.41, 5.74) is 3.71. The maximum Gasteiger partial charge on any atom is 0.277 e. The maximum atomic E-state index is 12.2. The number of hydrogen-bond donors (Lipinski definition) is 2. The van der Waals surface area contributed by atoms with Gasteiger partial charge >= 0.3 is 0 Å². The largest absolute Gasteiger partial charge is 0.337 e. The van der Waals surface area contributed by atoms with Crippen molar-refractivity contribution in [2.75, 3.05) is 20.1 Å².